The monoisotopic (exact) mass is 432 g/mol. The van der Waals surface area contributed by atoms with Crippen molar-refractivity contribution in [1.82, 2.24) is 19.1 Å². The Kier molecular flexibility index (Phi) is 5.05. The molecule has 1 aliphatic heterocycles. The molecule has 2 aromatic heterocycles. The van der Waals surface area contributed by atoms with Crippen LogP contribution in [0.15, 0.2) is 47.4 Å². The summed E-state index contributed by atoms with van der Waals surface area (Å²) in [5.41, 5.74) is -0.368. The maximum Gasteiger partial charge on any atom is 0.411 e. The first kappa shape index (κ1) is 20.4. The minimum Gasteiger partial charge on any atom is -0.444 e. The number of nitrogens with zero attached hydrogens (tertiary/aromatic N) is 4. The summed E-state index contributed by atoms with van der Waals surface area (Å²) in [7, 11) is 0. The van der Waals surface area contributed by atoms with Gasteiger partial charge in [-0.2, -0.15) is 5.10 Å². The van der Waals surface area contributed by atoms with Crippen molar-refractivity contribution in [2.24, 2.45) is 0 Å². The molecule has 1 aliphatic rings. The molecule has 4 rings (SSSR count). The Morgan fingerprint density at radius 3 is 2.60 bits per heavy atom. The molecule has 158 valence electrons. The molecule has 9 heteroatoms. The zero-order chi connectivity index (χ0) is 21.6. The molecule has 1 fully saturated rings. The summed E-state index contributed by atoms with van der Waals surface area (Å²) >= 11 is 6.21. The molecule has 0 unspecified atom stereocenters. The van der Waals surface area contributed by atoms with E-state index in [1.807, 2.05) is 6.07 Å². The third kappa shape index (κ3) is 3.67. The van der Waals surface area contributed by atoms with Crippen molar-refractivity contribution in [2.45, 2.75) is 45.0 Å². The third-order valence-electron chi connectivity index (χ3n) is 4.85. The SMILES string of the molecule is CC(C)(C)OC(=O)N1C[C@@H](F)C[C@H]1c1nn2ccc(Cl)c2c(=O)n1-c1ccccc1. The van der Waals surface area contributed by atoms with Crippen molar-refractivity contribution in [2.75, 3.05) is 6.54 Å². The summed E-state index contributed by atoms with van der Waals surface area (Å²) in [6.45, 7) is 5.10. The third-order valence-corrected chi connectivity index (χ3v) is 5.16. The average molecular weight is 433 g/mol. The van der Waals surface area contributed by atoms with E-state index in [1.54, 1.807) is 57.3 Å². The van der Waals surface area contributed by atoms with E-state index in [0.717, 1.165) is 0 Å². The summed E-state index contributed by atoms with van der Waals surface area (Å²) in [6.07, 6.45) is -0.323. The molecule has 0 N–H and O–H groups in total. The predicted molar refractivity (Wildman–Crippen MR) is 111 cm³/mol. The van der Waals surface area contributed by atoms with E-state index in [0.29, 0.717) is 5.69 Å². The lowest BCUT2D eigenvalue weighted by Gasteiger charge is -2.29. The second-order valence-electron chi connectivity index (χ2n) is 8.27. The lowest BCUT2D eigenvalue weighted by atomic mass is 10.1. The first-order valence-corrected chi connectivity index (χ1v) is 10.0. The number of amides is 1. The Bertz CT molecular complexity index is 1150. The van der Waals surface area contributed by atoms with Gasteiger partial charge in [-0.05, 0) is 39.0 Å². The number of carbonyl (C=O) groups excluding carboxylic acids is 1. The quantitative estimate of drug-likeness (QED) is 0.609. The minimum absolute atomic E-state index is 0.0129. The Morgan fingerprint density at radius 1 is 1.23 bits per heavy atom. The van der Waals surface area contributed by atoms with Crippen LogP contribution in [0, 0.1) is 0 Å². The number of alkyl halides is 1. The predicted octanol–water partition coefficient (Wildman–Crippen LogP) is 4.16. The molecular formula is C21H22ClFN4O3. The molecule has 0 saturated carbocycles. The lowest BCUT2D eigenvalue weighted by molar-refractivity contribution is 0.0208. The number of hydrogen-bond donors (Lipinski definition) is 0. The zero-order valence-corrected chi connectivity index (χ0v) is 17.6. The average Bonchev–Trinajstić information content (AvgIpc) is 3.24. The summed E-state index contributed by atoms with van der Waals surface area (Å²) in [5.74, 6) is 0.247. The lowest BCUT2D eigenvalue weighted by Crippen LogP contribution is -2.39. The number of carbonyl (C=O) groups is 1. The van der Waals surface area contributed by atoms with Gasteiger partial charge in [0.15, 0.2) is 5.82 Å². The summed E-state index contributed by atoms with van der Waals surface area (Å²) in [5, 5.41) is 4.82. The van der Waals surface area contributed by atoms with Gasteiger partial charge in [0.25, 0.3) is 5.56 Å². The number of fused-ring (bicyclic) bond motifs is 1. The Labute approximate surface area is 177 Å². The Morgan fingerprint density at radius 2 is 1.93 bits per heavy atom. The van der Waals surface area contributed by atoms with E-state index in [1.165, 1.54) is 14.0 Å². The molecule has 3 heterocycles. The van der Waals surface area contributed by atoms with Gasteiger partial charge in [-0.25, -0.2) is 13.7 Å². The number of rotatable bonds is 2. The molecule has 30 heavy (non-hydrogen) atoms. The largest absolute Gasteiger partial charge is 0.444 e. The molecule has 7 nitrogen and oxygen atoms in total. The van der Waals surface area contributed by atoms with Crippen molar-refractivity contribution >= 4 is 23.2 Å². The fourth-order valence-electron chi connectivity index (χ4n) is 3.64. The van der Waals surface area contributed by atoms with Gasteiger partial charge < -0.3 is 4.74 Å². The molecule has 3 aromatic rings. The fraction of sp³-hybridized carbons (Fsp3) is 0.381. The molecule has 0 aliphatic carbocycles. The van der Waals surface area contributed by atoms with Gasteiger partial charge in [0, 0.05) is 12.6 Å². The molecule has 0 spiro atoms. The van der Waals surface area contributed by atoms with Crippen LogP contribution in [0.2, 0.25) is 5.02 Å². The van der Waals surface area contributed by atoms with E-state index in [4.69, 9.17) is 16.3 Å². The van der Waals surface area contributed by atoms with Crippen LogP contribution < -0.4 is 5.56 Å². The molecule has 1 amide bonds. The van der Waals surface area contributed by atoms with Crippen LogP contribution in [0.3, 0.4) is 0 Å². The van der Waals surface area contributed by atoms with Crippen LogP contribution >= 0.6 is 11.6 Å². The van der Waals surface area contributed by atoms with Crippen molar-refractivity contribution < 1.29 is 13.9 Å². The molecule has 2 atom stereocenters. The van der Waals surface area contributed by atoms with Crippen LogP contribution in [0.5, 0.6) is 0 Å². The van der Waals surface area contributed by atoms with Crippen molar-refractivity contribution in [3.05, 3.63) is 63.8 Å². The number of ether oxygens (including phenoxy) is 1. The topological polar surface area (TPSA) is 68.8 Å². The van der Waals surface area contributed by atoms with Gasteiger partial charge in [0.05, 0.1) is 23.3 Å². The van der Waals surface area contributed by atoms with Crippen LogP contribution in [-0.4, -0.2) is 43.5 Å². The van der Waals surface area contributed by atoms with E-state index in [2.05, 4.69) is 5.10 Å². The maximum atomic E-state index is 14.5. The fourth-order valence-corrected chi connectivity index (χ4v) is 3.87. The number of para-hydroxylation sites is 1. The molecule has 1 aromatic carbocycles. The molecule has 0 bridgehead atoms. The van der Waals surface area contributed by atoms with E-state index in [9.17, 15) is 14.0 Å². The van der Waals surface area contributed by atoms with E-state index < -0.39 is 29.5 Å². The second-order valence-corrected chi connectivity index (χ2v) is 8.68. The molecule has 0 radical (unpaired) electrons. The first-order valence-electron chi connectivity index (χ1n) is 9.64. The highest BCUT2D eigenvalue weighted by atomic mass is 35.5. The highest BCUT2D eigenvalue weighted by Crippen LogP contribution is 2.34. The van der Waals surface area contributed by atoms with E-state index >= 15 is 0 Å². The number of benzene rings is 1. The number of likely N-dealkylation sites (tertiary alicyclic amines) is 1. The molecule has 1 saturated heterocycles. The van der Waals surface area contributed by atoms with Gasteiger partial charge in [-0.3, -0.25) is 14.3 Å². The highest BCUT2D eigenvalue weighted by molar-refractivity contribution is 6.33. The van der Waals surface area contributed by atoms with Crippen LogP contribution in [0.4, 0.5) is 9.18 Å². The minimum atomic E-state index is -1.26. The normalized spacial score (nSPS) is 19.4. The first-order chi connectivity index (χ1) is 14.2. The number of hydrogen-bond acceptors (Lipinski definition) is 4. The standard InChI is InChI=1S/C21H22ClFN4O3/c1-21(2,3)30-20(29)25-12-13(23)11-16(25)18-24-26-10-9-15(22)17(26)19(28)27(18)14-7-5-4-6-8-14/h4-10,13,16H,11-12H2,1-3H3/t13-,16-/m0/s1. The van der Waals surface area contributed by atoms with Crippen LogP contribution in [0.1, 0.15) is 39.1 Å². The van der Waals surface area contributed by atoms with Crippen molar-refractivity contribution in [3.8, 4) is 5.69 Å². The number of aromatic nitrogens is 3. The van der Waals surface area contributed by atoms with Gasteiger partial charge in [-0.15, -0.1) is 0 Å². The maximum absolute atomic E-state index is 14.5. The summed E-state index contributed by atoms with van der Waals surface area (Å²) in [6, 6.07) is 9.70. The van der Waals surface area contributed by atoms with Crippen LogP contribution in [-0.2, 0) is 4.74 Å². The van der Waals surface area contributed by atoms with Gasteiger partial charge in [0.2, 0.25) is 0 Å². The van der Waals surface area contributed by atoms with E-state index in [-0.39, 0.29) is 29.3 Å². The summed E-state index contributed by atoms with van der Waals surface area (Å²) < 4.78 is 22.7. The smallest absolute Gasteiger partial charge is 0.411 e. The highest BCUT2D eigenvalue weighted by Gasteiger charge is 2.41. The zero-order valence-electron chi connectivity index (χ0n) is 16.9. The molecular weight excluding hydrogens is 411 g/mol. The Balaban J connectivity index is 1.91. The number of halogens is 2. The Hall–Kier alpha value is -2.87. The van der Waals surface area contributed by atoms with Gasteiger partial charge >= 0.3 is 6.09 Å². The van der Waals surface area contributed by atoms with Crippen LogP contribution in [0.25, 0.3) is 11.2 Å². The second kappa shape index (κ2) is 7.43. The summed E-state index contributed by atoms with van der Waals surface area (Å²) in [4.78, 5) is 27.4. The van der Waals surface area contributed by atoms with Gasteiger partial charge in [0.1, 0.15) is 17.3 Å². The van der Waals surface area contributed by atoms with Crippen molar-refractivity contribution in [1.29, 1.82) is 0 Å². The van der Waals surface area contributed by atoms with Crippen molar-refractivity contribution in [3.63, 3.8) is 0 Å². The van der Waals surface area contributed by atoms with Gasteiger partial charge in [-0.1, -0.05) is 29.8 Å².